The van der Waals surface area contributed by atoms with E-state index in [1.54, 1.807) is 0 Å². The molecule has 3 rings (SSSR count). The number of carbonyl (C=O) groups is 1. The molecule has 0 bridgehead atoms. The Morgan fingerprint density at radius 2 is 2.04 bits per heavy atom. The van der Waals surface area contributed by atoms with Gasteiger partial charge in [0.05, 0.1) is 5.75 Å². The van der Waals surface area contributed by atoms with E-state index in [0.29, 0.717) is 11.0 Å². The molecule has 3 aromatic rings. The molecule has 2 aromatic carbocycles. The van der Waals surface area contributed by atoms with Crippen molar-refractivity contribution in [1.82, 2.24) is 14.9 Å². The Hall–Kier alpha value is -2.32. The topological polar surface area (TPSA) is 85.8 Å². The molecule has 0 aliphatic heterocycles. The zero-order chi connectivity index (χ0) is 18.7. The summed E-state index contributed by atoms with van der Waals surface area (Å²) in [6, 6.07) is 13.5. The van der Waals surface area contributed by atoms with Crippen LogP contribution in [0.15, 0.2) is 52.1 Å². The summed E-state index contributed by atoms with van der Waals surface area (Å²) in [5.41, 5.74) is 3.82. The number of nitrogens with zero attached hydrogens (tertiary/aromatic N) is 3. The number of amides is 1. The number of nitrogens with two attached hydrogens (primary N) is 1. The molecule has 8 heteroatoms. The predicted octanol–water partition coefficient (Wildman–Crippen LogP) is 3.77. The summed E-state index contributed by atoms with van der Waals surface area (Å²) in [5.74, 6) is 6.73. The summed E-state index contributed by atoms with van der Waals surface area (Å²) in [6.45, 7) is 3.97. The number of anilines is 1. The molecule has 0 unspecified atom stereocenters. The lowest BCUT2D eigenvalue weighted by Gasteiger charge is -2.07. The second-order valence-corrected chi connectivity index (χ2v) is 7.64. The van der Waals surface area contributed by atoms with Gasteiger partial charge in [-0.25, -0.2) is 4.68 Å². The van der Waals surface area contributed by atoms with Gasteiger partial charge in [0, 0.05) is 15.7 Å². The number of hydrogen-bond donors (Lipinski definition) is 2. The molecular weight excluding hydrogens is 414 g/mol. The van der Waals surface area contributed by atoms with Crippen LogP contribution in [-0.2, 0) is 4.79 Å². The van der Waals surface area contributed by atoms with Gasteiger partial charge in [-0.15, -0.1) is 10.2 Å². The Bertz CT molecular complexity index is 957. The van der Waals surface area contributed by atoms with Crippen molar-refractivity contribution in [3.8, 4) is 11.4 Å². The third-order valence-corrected chi connectivity index (χ3v) is 5.55. The predicted molar refractivity (Wildman–Crippen MR) is 109 cm³/mol. The van der Waals surface area contributed by atoms with Crippen LogP contribution in [0.25, 0.3) is 11.4 Å². The van der Waals surface area contributed by atoms with Crippen molar-refractivity contribution in [1.29, 1.82) is 0 Å². The quantitative estimate of drug-likeness (QED) is 0.474. The number of nitrogens with one attached hydrogen (secondary N) is 1. The number of nitrogen functional groups attached to an aromatic ring is 1. The van der Waals surface area contributed by atoms with Crippen molar-refractivity contribution in [2.45, 2.75) is 19.0 Å². The van der Waals surface area contributed by atoms with Gasteiger partial charge in [0.2, 0.25) is 11.1 Å². The highest BCUT2D eigenvalue weighted by Crippen LogP contribution is 2.23. The number of thioether (sulfide) groups is 1. The lowest BCUT2D eigenvalue weighted by atomic mass is 10.1. The highest BCUT2D eigenvalue weighted by molar-refractivity contribution is 9.10. The molecule has 0 saturated carbocycles. The summed E-state index contributed by atoms with van der Waals surface area (Å²) in [5, 5.41) is 11.6. The summed E-state index contributed by atoms with van der Waals surface area (Å²) in [4.78, 5) is 12.2. The van der Waals surface area contributed by atoms with Crippen molar-refractivity contribution in [2.75, 3.05) is 16.9 Å². The van der Waals surface area contributed by atoms with Crippen LogP contribution >= 0.6 is 27.7 Å². The van der Waals surface area contributed by atoms with Crippen LogP contribution in [0.1, 0.15) is 11.1 Å². The van der Waals surface area contributed by atoms with Gasteiger partial charge in [0.25, 0.3) is 0 Å². The normalized spacial score (nSPS) is 10.7. The first-order chi connectivity index (χ1) is 12.4. The van der Waals surface area contributed by atoms with E-state index in [-0.39, 0.29) is 11.7 Å². The Kier molecular flexibility index (Phi) is 5.63. The Balaban J connectivity index is 1.64. The maximum atomic E-state index is 12.2. The van der Waals surface area contributed by atoms with Gasteiger partial charge in [-0.1, -0.05) is 51.5 Å². The fourth-order valence-corrected chi connectivity index (χ4v) is 3.31. The molecule has 0 fully saturated rings. The molecule has 0 radical (unpaired) electrons. The first-order valence-electron chi connectivity index (χ1n) is 7.90. The number of rotatable bonds is 5. The number of carbonyl (C=O) groups excluding carboxylic acids is 1. The molecule has 6 nitrogen and oxygen atoms in total. The van der Waals surface area contributed by atoms with E-state index in [4.69, 9.17) is 5.84 Å². The number of halogens is 1. The van der Waals surface area contributed by atoms with E-state index in [9.17, 15) is 4.79 Å². The molecule has 0 atom stereocenters. The molecule has 0 saturated heterocycles. The maximum Gasteiger partial charge on any atom is 0.234 e. The van der Waals surface area contributed by atoms with Gasteiger partial charge < -0.3 is 11.2 Å². The molecule has 3 N–H and O–H groups in total. The third-order valence-electron chi connectivity index (χ3n) is 3.71. The monoisotopic (exact) mass is 431 g/mol. The number of aryl methyl sites for hydroxylation is 2. The second-order valence-electron chi connectivity index (χ2n) is 5.85. The summed E-state index contributed by atoms with van der Waals surface area (Å²) < 4.78 is 2.42. The van der Waals surface area contributed by atoms with Gasteiger partial charge >= 0.3 is 0 Å². The zero-order valence-electron chi connectivity index (χ0n) is 14.4. The van der Waals surface area contributed by atoms with Crippen molar-refractivity contribution in [2.24, 2.45) is 0 Å². The molecule has 1 heterocycles. The van der Waals surface area contributed by atoms with Gasteiger partial charge in [-0.2, -0.15) is 0 Å². The minimum absolute atomic E-state index is 0.128. The average molecular weight is 432 g/mol. The van der Waals surface area contributed by atoms with Crippen LogP contribution in [0, 0.1) is 13.8 Å². The molecule has 0 aliphatic rings. The van der Waals surface area contributed by atoms with Gasteiger partial charge in [0.15, 0.2) is 5.82 Å². The van der Waals surface area contributed by atoms with Crippen molar-refractivity contribution in [3.63, 3.8) is 0 Å². The molecule has 0 aliphatic carbocycles. The van der Waals surface area contributed by atoms with Gasteiger partial charge in [-0.05, 0) is 43.7 Å². The van der Waals surface area contributed by atoms with Crippen LogP contribution in [-0.4, -0.2) is 26.5 Å². The van der Waals surface area contributed by atoms with Crippen LogP contribution in [0.5, 0.6) is 0 Å². The van der Waals surface area contributed by atoms with Crippen molar-refractivity contribution < 1.29 is 4.79 Å². The smallest absolute Gasteiger partial charge is 0.234 e. The minimum atomic E-state index is -0.128. The summed E-state index contributed by atoms with van der Waals surface area (Å²) in [6.07, 6.45) is 0. The van der Waals surface area contributed by atoms with E-state index < -0.39 is 0 Å². The fraction of sp³-hybridized carbons (Fsp3) is 0.167. The zero-order valence-corrected chi connectivity index (χ0v) is 16.8. The van der Waals surface area contributed by atoms with Crippen LogP contribution < -0.4 is 11.2 Å². The third kappa shape index (κ3) is 4.25. The Morgan fingerprint density at radius 3 is 2.77 bits per heavy atom. The number of hydrogen-bond acceptors (Lipinski definition) is 5. The standard InChI is InChI=1S/C18H18BrN5OS/c1-11-4-3-5-13(8-11)17-22-23-18(24(17)20)26-10-16(25)21-14-6-7-15(19)12(2)9-14/h3-9H,10,20H2,1-2H3,(H,21,25). The van der Waals surface area contributed by atoms with Crippen molar-refractivity contribution >= 4 is 39.3 Å². The molecule has 26 heavy (non-hydrogen) atoms. The number of benzene rings is 2. The molecular formula is C18H18BrN5OS. The van der Waals surface area contributed by atoms with Crippen LogP contribution in [0.2, 0.25) is 0 Å². The van der Waals surface area contributed by atoms with Gasteiger partial charge in [-0.3, -0.25) is 4.79 Å². The van der Waals surface area contributed by atoms with E-state index in [0.717, 1.165) is 26.9 Å². The Labute approximate surface area is 164 Å². The second kappa shape index (κ2) is 7.92. The maximum absolute atomic E-state index is 12.2. The average Bonchev–Trinajstić information content (AvgIpc) is 2.97. The van der Waals surface area contributed by atoms with Crippen LogP contribution in [0.3, 0.4) is 0 Å². The van der Waals surface area contributed by atoms with E-state index in [1.165, 1.54) is 16.4 Å². The van der Waals surface area contributed by atoms with E-state index in [1.807, 2.05) is 56.3 Å². The SMILES string of the molecule is Cc1cccc(-c2nnc(SCC(=O)Nc3ccc(Br)c(C)c3)n2N)c1. The van der Waals surface area contributed by atoms with E-state index in [2.05, 4.69) is 31.4 Å². The number of aromatic nitrogens is 3. The van der Waals surface area contributed by atoms with Gasteiger partial charge in [0.1, 0.15) is 0 Å². The highest BCUT2D eigenvalue weighted by atomic mass is 79.9. The van der Waals surface area contributed by atoms with Crippen molar-refractivity contribution in [3.05, 3.63) is 58.1 Å². The molecule has 1 amide bonds. The summed E-state index contributed by atoms with van der Waals surface area (Å²) >= 11 is 4.69. The minimum Gasteiger partial charge on any atom is -0.335 e. The molecule has 0 spiro atoms. The highest BCUT2D eigenvalue weighted by Gasteiger charge is 2.14. The fourth-order valence-electron chi connectivity index (χ4n) is 2.41. The summed E-state index contributed by atoms with van der Waals surface area (Å²) in [7, 11) is 0. The largest absolute Gasteiger partial charge is 0.335 e. The Morgan fingerprint density at radius 1 is 1.23 bits per heavy atom. The molecule has 1 aromatic heterocycles. The molecule has 134 valence electrons. The van der Waals surface area contributed by atoms with Crippen LogP contribution in [0.4, 0.5) is 5.69 Å². The lowest BCUT2D eigenvalue weighted by Crippen LogP contribution is -2.16. The first kappa shape index (κ1) is 18.5. The lowest BCUT2D eigenvalue weighted by molar-refractivity contribution is -0.113. The van der Waals surface area contributed by atoms with E-state index >= 15 is 0 Å². The first-order valence-corrected chi connectivity index (χ1v) is 9.68.